The summed E-state index contributed by atoms with van der Waals surface area (Å²) >= 11 is 0. The molecule has 0 amide bonds. The van der Waals surface area contributed by atoms with Crippen LogP contribution in [0.5, 0.6) is 11.5 Å². The second kappa shape index (κ2) is 12.2. The number of benzene rings is 2. The number of rotatable bonds is 3. The first kappa shape index (κ1) is 19.4. The maximum absolute atomic E-state index is 10.2. The van der Waals surface area contributed by atoms with Crippen LogP contribution in [-0.4, -0.2) is 16.0 Å². The molecule has 0 spiro atoms. The highest BCUT2D eigenvalue weighted by atomic mass is 16.3. The summed E-state index contributed by atoms with van der Waals surface area (Å²) in [6.07, 6.45) is 3.22. The van der Waals surface area contributed by atoms with Crippen LogP contribution in [0, 0.1) is 0 Å². The fourth-order valence-electron chi connectivity index (χ4n) is 1.30. The number of hydrogen-bond acceptors (Lipinski definition) is 3. The van der Waals surface area contributed by atoms with E-state index in [2.05, 4.69) is 6.58 Å². The second-order valence-corrected chi connectivity index (χ2v) is 4.35. The fraction of sp³-hybridized carbons (Fsp3) is 0.211. The van der Waals surface area contributed by atoms with Gasteiger partial charge in [-0.2, -0.15) is 0 Å². The Hall–Kier alpha value is -2.55. The van der Waals surface area contributed by atoms with Gasteiger partial charge in [0.25, 0.3) is 0 Å². The Bertz CT molecular complexity index is 521. The first-order valence-electron chi connectivity index (χ1n) is 7.21. The van der Waals surface area contributed by atoms with Gasteiger partial charge in [-0.1, -0.05) is 69.0 Å². The molecular formula is C19H24O3. The van der Waals surface area contributed by atoms with Gasteiger partial charge in [-0.3, -0.25) is 4.79 Å². The van der Waals surface area contributed by atoms with Crippen LogP contribution in [0.3, 0.4) is 0 Å². The van der Waals surface area contributed by atoms with Gasteiger partial charge < -0.3 is 10.2 Å². The molecule has 0 saturated heterocycles. The zero-order chi connectivity index (χ0) is 16.8. The van der Waals surface area contributed by atoms with Crippen LogP contribution in [0.15, 0.2) is 61.2 Å². The summed E-state index contributed by atoms with van der Waals surface area (Å²) in [6.45, 7) is 7.39. The Kier molecular flexibility index (Phi) is 10.8. The maximum atomic E-state index is 10.2. The molecule has 3 nitrogen and oxygen atoms in total. The smallest absolute Gasteiger partial charge is 0.157 e. The van der Waals surface area contributed by atoms with Crippen molar-refractivity contribution in [3.05, 3.63) is 66.7 Å². The summed E-state index contributed by atoms with van der Waals surface area (Å²) < 4.78 is 0. The number of phenols is 2. The van der Waals surface area contributed by atoms with Crippen molar-refractivity contribution >= 4 is 11.9 Å². The lowest BCUT2D eigenvalue weighted by molar-refractivity contribution is -0.118. The molecule has 22 heavy (non-hydrogen) atoms. The molecule has 0 aliphatic carbocycles. The normalized spacial score (nSPS) is 8.64. The molecule has 0 heterocycles. The number of carbonyl (C=O) groups is 1. The van der Waals surface area contributed by atoms with Crippen LogP contribution in [0.1, 0.15) is 32.3 Å². The summed E-state index contributed by atoms with van der Waals surface area (Å²) in [5.41, 5.74) is 1.17. The number of carbonyl (C=O) groups excluding carboxylic acids is 1. The van der Waals surface area contributed by atoms with E-state index in [0.717, 1.165) is 0 Å². The number of hydrogen-bond donors (Lipinski definition) is 2. The third kappa shape index (κ3) is 9.37. The minimum atomic E-state index is -0.0764. The van der Waals surface area contributed by atoms with E-state index >= 15 is 0 Å². The molecule has 0 aliphatic rings. The van der Waals surface area contributed by atoms with Crippen LogP contribution < -0.4 is 0 Å². The molecule has 2 aromatic rings. The fourth-order valence-corrected chi connectivity index (χ4v) is 1.30. The van der Waals surface area contributed by atoms with Crippen LogP contribution >= 0.6 is 0 Å². The SMILES string of the molecule is C=Cc1ccccc1.CCC(=O)CC.Oc1ccccc1O. The van der Waals surface area contributed by atoms with Gasteiger partial charge in [0.1, 0.15) is 5.78 Å². The van der Waals surface area contributed by atoms with E-state index in [9.17, 15) is 4.79 Å². The summed E-state index contributed by atoms with van der Waals surface area (Å²) in [4.78, 5) is 10.2. The minimum absolute atomic E-state index is 0.0764. The molecular weight excluding hydrogens is 276 g/mol. The topological polar surface area (TPSA) is 57.5 Å². The summed E-state index contributed by atoms with van der Waals surface area (Å²) in [6, 6.07) is 16.2. The highest BCUT2D eigenvalue weighted by Crippen LogP contribution is 2.21. The van der Waals surface area contributed by atoms with Gasteiger partial charge in [-0.05, 0) is 17.7 Å². The van der Waals surface area contributed by atoms with Gasteiger partial charge in [0.15, 0.2) is 11.5 Å². The molecule has 0 radical (unpaired) electrons. The summed E-state index contributed by atoms with van der Waals surface area (Å²) in [7, 11) is 0. The van der Waals surface area contributed by atoms with Crippen molar-refractivity contribution in [2.75, 3.05) is 0 Å². The Labute approximate surface area is 132 Å². The Morgan fingerprint density at radius 1 is 0.909 bits per heavy atom. The van der Waals surface area contributed by atoms with Crippen LogP contribution in [0.4, 0.5) is 0 Å². The number of aromatic hydroxyl groups is 2. The quantitative estimate of drug-likeness (QED) is 0.800. The molecule has 0 bridgehead atoms. The molecule has 2 rings (SSSR count). The van der Waals surface area contributed by atoms with Gasteiger partial charge in [-0.15, -0.1) is 0 Å². The number of Topliss-reactive ketones (excluding diaryl/α,β-unsaturated/α-hetero) is 1. The minimum Gasteiger partial charge on any atom is -0.504 e. The summed E-state index contributed by atoms with van der Waals surface area (Å²) in [5.74, 6) is 0.190. The highest BCUT2D eigenvalue weighted by Gasteiger charge is 1.90. The van der Waals surface area contributed by atoms with Gasteiger partial charge in [-0.25, -0.2) is 0 Å². The van der Waals surface area contributed by atoms with Gasteiger partial charge in [0.05, 0.1) is 0 Å². The third-order valence-corrected chi connectivity index (χ3v) is 2.71. The molecule has 3 heteroatoms. The lowest BCUT2D eigenvalue weighted by atomic mass is 10.2. The van der Waals surface area contributed by atoms with Crippen molar-refractivity contribution < 1.29 is 15.0 Å². The summed E-state index contributed by atoms with van der Waals surface area (Å²) in [5, 5.41) is 17.3. The lowest BCUT2D eigenvalue weighted by Gasteiger charge is -1.91. The van der Waals surface area contributed by atoms with Crippen molar-refractivity contribution in [3.8, 4) is 11.5 Å². The average molecular weight is 300 g/mol. The van der Waals surface area contributed by atoms with E-state index in [-0.39, 0.29) is 11.5 Å². The Balaban J connectivity index is 0.000000306. The predicted octanol–water partition coefficient (Wildman–Crippen LogP) is 4.80. The monoisotopic (exact) mass is 300 g/mol. The van der Waals surface area contributed by atoms with Crippen molar-refractivity contribution in [3.63, 3.8) is 0 Å². The molecule has 0 atom stereocenters. The van der Waals surface area contributed by atoms with Gasteiger partial charge in [0.2, 0.25) is 0 Å². The largest absolute Gasteiger partial charge is 0.504 e. The first-order chi connectivity index (χ1) is 10.5. The zero-order valence-corrected chi connectivity index (χ0v) is 13.2. The first-order valence-corrected chi connectivity index (χ1v) is 7.21. The predicted molar refractivity (Wildman–Crippen MR) is 91.9 cm³/mol. The van der Waals surface area contributed by atoms with Crippen molar-refractivity contribution in [2.45, 2.75) is 26.7 Å². The second-order valence-electron chi connectivity index (χ2n) is 4.35. The lowest BCUT2D eigenvalue weighted by Crippen LogP contribution is -1.88. The molecule has 0 aliphatic heterocycles. The molecule has 0 unspecified atom stereocenters. The number of para-hydroxylation sites is 2. The molecule has 2 aromatic carbocycles. The van der Waals surface area contributed by atoms with E-state index in [1.54, 1.807) is 12.1 Å². The van der Waals surface area contributed by atoms with Crippen LogP contribution in [-0.2, 0) is 4.79 Å². The molecule has 0 saturated carbocycles. The molecule has 0 aromatic heterocycles. The van der Waals surface area contributed by atoms with E-state index in [1.807, 2.05) is 50.3 Å². The third-order valence-electron chi connectivity index (χ3n) is 2.71. The van der Waals surface area contributed by atoms with Crippen LogP contribution in [0.25, 0.3) is 6.08 Å². The Morgan fingerprint density at radius 3 is 1.55 bits per heavy atom. The highest BCUT2D eigenvalue weighted by molar-refractivity contribution is 5.77. The molecule has 2 N–H and O–H groups in total. The van der Waals surface area contributed by atoms with E-state index < -0.39 is 0 Å². The number of phenolic OH excluding ortho intramolecular Hbond substituents is 2. The van der Waals surface area contributed by atoms with Gasteiger partial charge in [0, 0.05) is 12.8 Å². The van der Waals surface area contributed by atoms with Crippen molar-refractivity contribution in [2.24, 2.45) is 0 Å². The average Bonchev–Trinajstić information content (AvgIpc) is 2.58. The van der Waals surface area contributed by atoms with E-state index in [1.165, 1.54) is 17.7 Å². The standard InChI is InChI=1S/C8H8.C6H6O2.C5H10O/c1-2-8-6-4-3-5-7-8;7-5-3-1-2-4-6(5)8;1-3-5(6)4-2/h2-7H,1H2;1-4,7-8H;3-4H2,1-2H3. The Morgan fingerprint density at radius 2 is 1.32 bits per heavy atom. The molecule has 118 valence electrons. The van der Waals surface area contributed by atoms with Crippen molar-refractivity contribution in [1.82, 2.24) is 0 Å². The van der Waals surface area contributed by atoms with Crippen molar-refractivity contribution in [1.29, 1.82) is 0 Å². The van der Waals surface area contributed by atoms with E-state index in [4.69, 9.17) is 10.2 Å². The maximum Gasteiger partial charge on any atom is 0.157 e. The van der Waals surface area contributed by atoms with E-state index in [0.29, 0.717) is 18.6 Å². The van der Waals surface area contributed by atoms with Gasteiger partial charge >= 0.3 is 0 Å². The molecule has 0 fully saturated rings. The van der Waals surface area contributed by atoms with Crippen LogP contribution in [0.2, 0.25) is 0 Å². The number of ketones is 1. The zero-order valence-electron chi connectivity index (χ0n) is 13.2.